The van der Waals surface area contributed by atoms with Crippen LogP contribution in [0.5, 0.6) is 0 Å². The Morgan fingerprint density at radius 3 is 2.55 bits per heavy atom. The van der Waals surface area contributed by atoms with Gasteiger partial charge in [-0.05, 0) is 25.5 Å². The van der Waals surface area contributed by atoms with Gasteiger partial charge in [-0.25, -0.2) is 0 Å². The van der Waals surface area contributed by atoms with Gasteiger partial charge in [-0.15, -0.1) is 0 Å². The van der Waals surface area contributed by atoms with Crippen molar-refractivity contribution in [3.63, 3.8) is 0 Å². The molecule has 0 heterocycles. The molecular formula is C10H14O. The molecule has 0 aliphatic carbocycles. The fraction of sp³-hybridized carbons (Fsp3) is 0.300. The maximum Gasteiger partial charge on any atom is 0.178 e. The first-order chi connectivity index (χ1) is 5.31. The molecule has 11 heavy (non-hydrogen) atoms. The van der Waals surface area contributed by atoms with Crippen LogP contribution >= 0.6 is 0 Å². The Bertz CT molecular complexity index is 185. The second-order valence-corrected chi connectivity index (χ2v) is 2.10. The first kappa shape index (κ1) is 9.89. The minimum absolute atomic E-state index is 0.0354. The molecule has 0 bridgehead atoms. The summed E-state index contributed by atoms with van der Waals surface area (Å²) in [5, 5.41) is 0. The summed E-state index contributed by atoms with van der Waals surface area (Å²) < 4.78 is 0. The van der Waals surface area contributed by atoms with Gasteiger partial charge < -0.3 is 0 Å². The van der Waals surface area contributed by atoms with Crippen molar-refractivity contribution >= 4 is 5.78 Å². The number of ketones is 1. The van der Waals surface area contributed by atoms with Crippen LogP contribution < -0.4 is 0 Å². The molecule has 0 rings (SSSR count). The van der Waals surface area contributed by atoms with Gasteiger partial charge in [0, 0.05) is 0 Å². The Kier molecular flexibility index (Phi) is 6.30. The normalized spacial score (nSPS) is 12.2. The van der Waals surface area contributed by atoms with Crippen LogP contribution in [0, 0.1) is 0 Å². The van der Waals surface area contributed by atoms with E-state index in [0.717, 1.165) is 6.42 Å². The number of hydrogen-bond acceptors (Lipinski definition) is 1. The van der Waals surface area contributed by atoms with E-state index < -0.39 is 0 Å². The van der Waals surface area contributed by atoms with E-state index in [4.69, 9.17) is 0 Å². The number of hydrogen-bond donors (Lipinski definition) is 0. The van der Waals surface area contributed by atoms with Gasteiger partial charge >= 0.3 is 0 Å². The minimum Gasteiger partial charge on any atom is -0.290 e. The third kappa shape index (κ3) is 6.78. The van der Waals surface area contributed by atoms with Crippen LogP contribution in [0.4, 0.5) is 0 Å². The summed E-state index contributed by atoms with van der Waals surface area (Å²) in [6.07, 6.45) is 11.5. The first-order valence-corrected chi connectivity index (χ1v) is 3.81. The molecule has 1 heteroatoms. The van der Waals surface area contributed by atoms with E-state index in [1.807, 2.05) is 19.1 Å². The highest BCUT2D eigenvalue weighted by Crippen LogP contribution is 1.84. The van der Waals surface area contributed by atoms with E-state index in [1.165, 1.54) is 6.08 Å². The van der Waals surface area contributed by atoms with Gasteiger partial charge in [0.15, 0.2) is 5.78 Å². The Balaban J connectivity index is 3.74. The quantitative estimate of drug-likeness (QED) is 0.445. The van der Waals surface area contributed by atoms with Gasteiger partial charge in [0.1, 0.15) is 0 Å². The molecule has 0 atom stereocenters. The Labute approximate surface area is 68.1 Å². The molecular weight excluding hydrogens is 136 g/mol. The van der Waals surface area contributed by atoms with Crippen LogP contribution in [0.15, 0.2) is 36.5 Å². The van der Waals surface area contributed by atoms with E-state index in [9.17, 15) is 4.79 Å². The van der Waals surface area contributed by atoms with E-state index in [0.29, 0.717) is 0 Å². The van der Waals surface area contributed by atoms with Gasteiger partial charge in [-0.3, -0.25) is 4.79 Å². The molecule has 0 aromatic carbocycles. The lowest BCUT2D eigenvalue weighted by molar-refractivity contribution is -0.110. The minimum atomic E-state index is 0.0354. The van der Waals surface area contributed by atoms with Crippen molar-refractivity contribution in [3.05, 3.63) is 36.5 Å². The first-order valence-electron chi connectivity index (χ1n) is 3.81. The molecule has 0 N–H and O–H groups in total. The van der Waals surface area contributed by atoms with Gasteiger partial charge in [0.05, 0.1) is 0 Å². The highest BCUT2D eigenvalue weighted by molar-refractivity contribution is 5.99. The second kappa shape index (κ2) is 7.00. The average Bonchev–Trinajstić information content (AvgIpc) is 1.99. The van der Waals surface area contributed by atoms with Crippen molar-refractivity contribution in [2.45, 2.75) is 20.3 Å². The van der Waals surface area contributed by atoms with Crippen molar-refractivity contribution in [1.82, 2.24) is 0 Å². The van der Waals surface area contributed by atoms with Crippen LogP contribution in [0.25, 0.3) is 0 Å². The summed E-state index contributed by atoms with van der Waals surface area (Å²) >= 11 is 0. The molecule has 0 unspecified atom stereocenters. The summed E-state index contributed by atoms with van der Waals surface area (Å²) in [6, 6.07) is 0. The standard InChI is InChI=1S/C10H14O/c1-3-5-6-7-9-10(11)8-4-2/h4-9H,3H2,1-2H3. The zero-order chi connectivity index (χ0) is 8.53. The van der Waals surface area contributed by atoms with Crippen molar-refractivity contribution in [2.75, 3.05) is 0 Å². The molecule has 0 fully saturated rings. The molecule has 0 saturated carbocycles. The Hall–Kier alpha value is -1.11. The third-order valence-electron chi connectivity index (χ3n) is 1.07. The van der Waals surface area contributed by atoms with E-state index >= 15 is 0 Å². The van der Waals surface area contributed by atoms with Crippen LogP contribution in [0.1, 0.15) is 20.3 Å². The van der Waals surface area contributed by atoms with Gasteiger partial charge in [-0.1, -0.05) is 31.2 Å². The Morgan fingerprint density at radius 2 is 2.00 bits per heavy atom. The lowest BCUT2D eigenvalue weighted by atomic mass is 10.3. The van der Waals surface area contributed by atoms with Crippen molar-refractivity contribution in [2.24, 2.45) is 0 Å². The summed E-state index contributed by atoms with van der Waals surface area (Å²) in [6.45, 7) is 3.88. The number of allylic oxidation sites excluding steroid dienone is 6. The van der Waals surface area contributed by atoms with Crippen molar-refractivity contribution < 1.29 is 4.79 Å². The topological polar surface area (TPSA) is 17.1 Å². The molecule has 1 nitrogen and oxygen atoms in total. The predicted octanol–water partition coefficient (Wildman–Crippen LogP) is 2.65. The van der Waals surface area contributed by atoms with Crippen LogP contribution in [0.3, 0.4) is 0 Å². The summed E-state index contributed by atoms with van der Waals surface area (Å²) in [5.41, 5.74) is 0. The third-order valence-corrected chi connectivity index (χ3v) is 1.07. The molecule has 0 aromatic rings. The predicted molar refractivity (Wildman–Crippen MR) is 48.4 cm³/mol. The molecule has 0 aromatic heterocycles. The van der Waals surface area contributed by atoms with Crippen LogP contribution in [-0.4, -0.2) is 5.78 Å². The van der Waals surface area contributed by atoms with Gasteiger partial charge in [-0.2, -0.15) is 0 Å². The monoisotopic (exact) mass is 150 g/mol. The number of rotatable bonds is 4. The highest BCUT2D eigenvalue weighted by Gasteiger charge is 1.82. The maximum atomic E-state index is 10.8. The number of carbonyl (C=O) groups excluding carboxylic acids is 1. The zero-order valence-corrected chi connectivity index (χ0v) is 7.08. The largest absolute Gasteiger partial charge is 0.290 e. The second-order valence-electron chi connectivity index (χ2n) is 2.10. The fourth-order valence-electron chi connectivity index (χ4n) is 0.585. The zero-order valence-electron chi connectivity index (χ0n) is 7.08. The number of carbonyl (C=O) groups is 1. The van der Waals surface area contributed by atoms with E-state index in [-0.39, 0.29) is 5.78 Å². The SMILES string of the molecule is CC=CC(=O)C=CC=CCC. The van der Waals surface area contributed by atoms with Crippen LogP contribution in [0.2, 0.25) is 0 Å². The molecule has 60 valence electrons. The summed E-state index contributed by atoms with van der Waals surface area (Å²) in [5.74, 6) is 0.0354. The highest BCUT2D eigenvalue weighted by atomic mass is 16.1. The summed E-state index contributed by atoms with van der Waals surface area (Å²) in [7, 11) is 0. The average molecular weight is 150 g/mol. The lowest BCUT2D eigenvalue weighted by Crippen LogP contribution is -1.82. The molecule has 0 aliphatic rings. The van der Waals surface area contributed by atoms with Crippen molar-refractivity contribution in [1.29, 1.82) is 0 Å². The van der Waals surface area contributed by atoms with Crippen molar-refractivity contribution in [3.8, 4) is 0 Å². The summed E-state index contributed by atoms with van der Waals surface area (Å²) in [4.78, 5) is 10.8. The molecule has 0 amide bonds. The maximum absolute atomic E-state index is 10.8. The van der Waals surface area contributed by atoms with E-state index in [2.05, 4.69) is 6.92 Å². The fourth-order valence-corrected chi connectivity index (χ4v) is 0.585. The van der Waals surface area contributed by atoms with Gasteiger partial charge in [0.25, 0.3) is 0 Å². The van der Waals surface area contributed by atoms with Crippen LogP contribution in [-0.2, 0) is 4.79 Å². The molecule has 0 saturated heterocycles. The molecule has 0 aliphatic heterocycles. The van der Waals surface area contributed by atoms with Gasteiger partial charge in [0.2, 0.25) is 0 Å². The molecule has 0 radical (unpaired) electrons. The Morgan fingerprint density at radius 1 is 1.27 bits per heavy atom. The lowest BCUT2D eigenvalue weighted by Gasteiger charge is -1.78. The smallest absolute Gasteiger partial charge is 0.178 e. The molecule has 0 spiro atoms. The van der Waals surface area contributed by atoms with E-state index in [1.54, 1.807) is 18.2 Å².